The van der Waals surface area contributed by atoms with E-state index in [0.29, 0.717) is 11.7 Å². The first-order valence-corrected chi connectivity index (χ1v) is 3.74. The monoisotopic (exact) mass is 186 g/mol. The van der Waals surface area contributed by atoms with Crippen molar-refractivity contribution in [2.75, 3.05) is 7.11 Å². The molecule has 0 amide bonds. The highest BCUT2D eigenvalue weighted by molar-refractivity contribution is 5.66. The number of aromatic nitrogens is 2. The van der Waals surface area contributed by atoms with Gasteiger partial charge in [-0.2, -0.15) is 4.98 Å². The predicted molar refractivity (Wildman–Crippen MR) is 41.0 cm³/mol. The molecule has 13 heavy (non-hydrogen) atoms. The summed E-state index contributed by atoms with van der Waals surface area (Å²) in [5, 5.41) is 12.0. The van der Waals surface area contributed by atoms with Crippen LogP contribution in [0.15, 0.2) is 4.52 Å². The van der Waals surface area contributed by atoms with Crippen LogP contribution < -0.4 is 0 Å². The van der Waals surface area contributed by atoms with E-state index in [2.05, 4.69) is 10.1 Å². The van der Waals surface area contributed by atoms with Crippen LogP contribution in [0, 0.1) is 0 Å². The molecule has 1 N–H and O–H groups in total. The quantitative estimate of drug-likeness (QED) is 0.708. The standard InChI is InChI=1S/C7H10N2O4/c1-12-4-5-8-6(13-9-5)2-3-7(10)11/h2-4H2,1H3,(H,10,11). The minimum absolute atomic E-state index is 0.00534. The molecule has 0 atom stereocenters. The second-order valence-electron chi connectivity index (χ2n) is 2.43. The molecular weight excluding hydrogens is 176 g/mol. The highest BCUT2D eigenvalue weighted by Crippen LogP contribution is 2.01. The van der Waals surface area contributed by atoms with E-state index >= 15 is 0 Å². The Morgan fingerprint density at radius 3 is 3.08 bits per heavy atom. The van der Waals surface area contributed by atoms with Crippen molar-refractivity contribution < 1.29 is 19.2 Å². The van der Waals surface area contributed by atoms with E-state index in [1.165, 1.54) is 7.11 Å². The third-order valence-corrected chi connectivity index (χ3v) is 1.34. The second-order valence-corrected chi connectivity index (χ2v) is 2.43. The number of hydrogen-bond donors (Lipinski definition) is 1. The van der Waals surface area contributed by atoms with Gasteiger partial charge in [0.05, 0.1) is 6.42 Å². The van der Waals surface area contributed by atoms with Crippen molar-refractivity contribution in [3.8, 4) is 0 Å². The highest BCUT2D eigenvalue weighted by atomic mass is 16.5. The maximum absolute atomic E-state index is 10.2. The topological polar surface area (TPSA) is 85.5 Å². The summed E-state index contributed by atoms with van der Waals surface area (Å²) in [4.78, 5) is 14.1. The number of methoxy groups -OCH3 is 1. The van der Waals surface area contributed by atoms with Crippen molar-refractivity contribution >= 4 is 5.97 Å². The molecule has 6 heteroatoms. The van der Waals surface area contributed by atoms with E-state index in [4.69, 9.17) is 14.4 Å². The average molecular weight is 186 g/mol. The number of aryl methyl sites for hydroxylation is 1. The van der Waals surface area contributed by atoms with Crippen LogP contribution in [0.3, 0.4) is 0 Å². The molecule has 0 saturated heterocycles. The van der Waals surface area contributed by atoms with Gasteiger partial charge in [-0.05, 0) is 0 Å². The van der Waals surface area contributed by atoms with Crippen LogP contribution in [0.5, 0.6) is 0 Å². The van der Waals surface area contributed by atoms with Gasteiger partial charge in [0.1, 0.15) is 6.61 Å². The number of carboxylic acid groups (broad SMARTS) is 1. The fourth-order valence-corrected chi connectivity index (χ4v) is 0.793. The first-order chi connectivity index (χ1) is 6.22. The Labute approximate surface area is 74.5 Å². The van der Waals surface area contributed by atoms with Crippen molar-refractivity contribution in [1.82, 2.24) is 10.1 Å². The largest absolute Gasteiger partial charge is 0.481 e. The lowest BCUT2D eigenvalue weighted by Gasteiger charge is -1.88. The molecule has 1 aromatic heterocycles. The van der Waals surface area contributed by atoms with Gasteiger partial charge >= 0.3 is 5.97 Å². The molecule has 1 aromatic rings. The van der Waals surface area contributed by atoms with E-state index in [-0.39, 0.29) is 19.4 Å². The fraction of sp³-hybridized carbons (Fsp3) is 0.571. The van der Waals surface area contributed by atoms with Gasteiger partial charge in [0.2, 0.25) is 5.89 Å². The number of carbonyl (C=O) groups is 1. The van der Waals surface area contributed by atoms with Crippen LogP contribution in [-0.4, -0.2) is 28.3 Å². The minimum atomic E-state index is -0.883. The van der Waals surface area contributed by atoms with Crippen LogP contribution in [0.4, 0.5) is 0 Å². The van der Waals surface area contributed by atoms with Crippen molar-refractivity contribution in [3.05, 3.63) is 11.7 Å². The summed E-state index contributed by atoms with van der Waals surface area (Å²) in [5.41, 5.74) is 0. The number of nitrogens with zero attached hydrogens (tertiary/aromatic N) is 2. The molecule has 0 bridgehead atoms. The van der Waals surface area contributed by atoms with Crippen molar-refractivity contribution in [2.24, 2.45) is 0 Å². The fourth-order valence-electron chi connectivity index (χ4n) is 0.793. The number of ether oxygens (including phenoxy) is 1. The van der Waals surface area contributed by atoms with E-state index < -0.39 is 5.97 Å². The van der Waals surface area contributed by atoms with Gasteiger partial charge in [0.25, 0.3) is 0 Å². The van der Waals surface area contributed by atoms with E-state index in [1.54, 1.807) is 0 Å². The molecular formula is C7H10N2O4. The lowest BCUT2D eigenvalue weighted by molar-refractivity contribution is -0.137. The van der Waals surface area contributed by atoms with E-state index in [1.807, 2.05) is 0 Å². The van der Waals surface area contributed by atoms with Crippen LogP contribution in [0.25, 0.3) is 0 Å². The number of aliphatic carboxylic acids is 1. The van der Waals surface area contributed by atoms with Crippen molar-refractivity contribution in [2.45, 2.75) is 19.4 Å². The number of rotatable bonds is 5. The molecule has 0 aromatic carbocycles. The third-order valence-electron chi connectivity index (χ3n) is 1.34. The van der Waals surface area contributed by atoms with Crippen molar-refractivity contribution in [1.29, 1.82) is 0 Å². The Bertz CT molecular complexity index is 284. The molecule has 72 valence electrons. The zero-order valence-corrected chi connectivity index (χ0v) is 7.19. The average Bonchev–Trinajstić information content (AvgIpc) is 2.50. The zero-order valence-electron chi connectivity index (χ0n) is 7.19. The lowest BCUT2D eigenvalue weighted by atomic mass is 10.3. The van der Waals surface area contributed by atoms with Crippen LogP contribution >= 0.6 is 0 Å². The number of hydrogen-bond acceptors (Lipinski definition) is 5. The van der Waals surface area contributed by atoms with Gasteiger partial charge in [-0.25, -0.2) is 0 Å². The summed E-state index contributed by atoms with van der Waals surface area (Å²) >= 11 is 0. The smallest absolute Gasteiger partial charge is 0.303 e. The first kappa shape index (κ1) is 9.66. The number of carboxylic acids is 1. The maximum atomic E-state index is 10.2. The summed E-state index contributed by atoms with van der Waals surface area (Å²) in [6.07, 6.45) is 0.251. The Hall–Kier alpha value is -1.43. The first-order valence-electron chi connectivity index (χ1n) is 3.74. The molecule has 6 nitrogen and oxygen atoms in total. The van der Waals surface area contributed by atoms with Gasteiger partial charge in [0.15, 0.2) is 5.82 Å². The Morgan fingerprint density at radius 1 is 1.69 bits per heavy atom. The van der Waals surface area contributed by atoms with Crippen LogP contribution in [0.2, 0.25) is 0 Å². The lowest BCUT2D eigenvalue weighted by Crippen LogP contribution is -1.98. The van der Waals surface area contributed by atoms with Crippen molar-refractivity contribution in [3.63, 3.8) is 0 Å². The summed E-state index contributed by atoms with van der Waals surface area (Å²) in [5.74, 6) is -0.121. The second kappa shape index (κ2) is 4.56. The van der Waals surface area contributed by atoms with Gasteiger partial charge in [0, 0.05) is 13.5 Å². The molecule has 0 radical (unpaired) electrons. The molecule has 0 saturated carbocycles. The summed E-state index contributed by atoms with van der Waals surface area (Å²) in [6, 6.07) is 0. The molecule has 0 aliphatic carbocycles. The summed E-state index contributed by atoms with van der Waals surface area (Å²) in [7, 11) is 1.52. The molecule has 0 unspecified atom stereocenters. The van der Waals surface area contributed by atoms with E-state index in [0.717, 1.165) is 0 Å². The van der Waals surface area contributed by atoms with Crippen LogP contribution in [-0.2, 0) is 22.6 Å². The molecule has 0 spiro atoms. The third kappa shape index (κ3) is 3.20. The summed E-state index contributed by atoms with van der Waals surface area (Å²) in [6.45, 7) is 0.274. The zero-order chi connectivity index (χ0) is 9.68. The van der Waals surface area contributed by atoms with E-state index in [9.17, 15) is 4.79 Å². The highest BCUT2D eigenvalue weighted by Gasteiger charge is 2.07. The maximum Gasteiger partial charge on any atom is 0.303 e. The Morgan fingerprint density at radius 2 is 2.46 bits per heavy atom. The van der Waals surface area contributed by atoms with Gasteiger partial charge in [-0.3, -0.25) is 4.79 Å². The Balaban J connectivity index is 2.44. The normalized spacial score (nSPS) is 10.2. The van der Waals surface area contributed by atoms with Gasteiger partial charge < -0.3 is 14.4 Å². The van der Waals surface area contributed by atoms with Gasteiger partial charge in [-0.15, -0.1) is 0 Å². The molecule has 0 fully saturated rings. The molecule has 1 heterocycles. The summed E-state index contributed by atoms with van der Waals surface area (Å²) < 4.78 is 9.53. The minimum Gasteiger partial charge on any atom is -0.481 e. The van der Waals surface area contributed by atoms with Crippen LogP contribution in [0.1, 0.15) is 18.1 Å². The molecule has 0 aliphatic heterocycles. The predicted octanol–water partition coefficient (Wildman–Crippen LogP) is 0.233. The Kier molecular flexibility index (Phi) is 3.39. The van der Waals surface area contributed by atoms with Gasteiger partial charge in [-0.1, -0.05) is 5.16 Å². The molecule has 1 rings (SSSR count). The molecule has 0 aliphatic rings. The SMILES string of the molecule is COCc1noc(CCC(=O)O)n1.